The second kappa shape index (κ2) is 9.41. The van der Waals surface area contributed by atoms with Crippen molar-refractivity contribution in [2.75, 3.05) is 13.2 Å². The van der Waals surface area contributed by atoms with Gasteiger partial charge >= 0.3 is 5.97 Å². The Kier molecular flexibility index (Phi) is 6.69. The second-order valence-electron chi connectivity index (χ2n) is 7.17. The first-order valence-corrected chi connectivity index (χ1v) is 9.76. The molecule has 6 heteroatoms. The maximum absolute atomic E-state index is 12.4. The summed E-state index contributed by atoms with van der Waals surface area (Å²) in [6, 6.07) is 16.2. The Labute approximate surface area is 175 Å². The molecule has 1 amide bonds. The number of primary amides is 1. The van der Waals surface area contributed by atoms with Crippen LogP contribution in [-0.4, -0.2) is 30.2 Å². The van der Waals surface area contributed by atoms with E-state index in [1.165, 1.54) is 0 Å². The Morgan fingerprint density at radius 1 is 1.13 bits per heavy atom. The van der Waals surface area contributed by atoms with Crippen molar-refractivity contribution in [1.29, 1.82) is 0 Å². The molecule has 0 bridgehead atoms. The van der Waals surface area contributed by atoms with Crippen LogP contribution in [0.2, 0.25) is 0 Å². The van der Waals surface area contributed by atoms with Crippen LogP contribution in [0.25, 0.3) is 0 Å². The monoisotopic (exact) mass is 407 g/mol. The molecule has 3 rings (SSSR count). The quantitative estimate of drug-likeness (QED) is 0.654. The van der Waals surface area contributed by atoms with Gasteiger partial charge in [-0.15, -0.1) is 0 Å². The van der Waals surface area contributed by atoms with Crippen molar-refractivity contribution in [3.63, 3.8) is 0 Å². The van der Waals surface area contributed by atoms with E-state index in [0.29, 0.717) is 23.5 Å². The fraction of sp³-hybridized carbons (Fsp3) is 0.250. The molecule has 0 heterocycles. The third-order valence-electron chi connectivity index (χ3n) is 5.38. The van der Waals surface area contributed by atoms with Crippen molar-refractivity contribution in [1.82, 2.24) is 0 Å². The van der Waals surface area contributed by atoms with E-state index in [4.69, 9.17) is 20.3 Å². The van der Waals surface area contributed by atoms with Gasteiger partial charge in [0.1, 0.15) is 18.1 Å². The summed E-state index contributed by atoms with van der Waals surface area (Å²) in [6.07, 6.45) is 5.43. The molecule has 30 heavy (non-hydrogen) atoms. The number of allylic oxidation sites excluding steroid dienone is 2. The molecule has 1 aliphatic carbocycles. The minimum absolute atomic E-state index is 0.0834. The average molecular weight is 407 g/mol. The molecule has 1 unspecified atom stereocenters. The molecule has 0 saturated carbocycles. The van der Waals surface area contributed by atoms with Gasteiger partial charge in [-0.05, 0) is 54.3 Å². The molecule has 156 valence electrons. The molecular formula is C24H25NO5. The van der Waals surface area contributed by atoms with E-state index in [-0.39, 0.29) is 19.1 Å². The van der Waals surface area contributed by atoms with Crippen LogP contribution in [-0.2, 0) is 9.53 Å². The van der Waals surface area contributed by atoms with Gasteiger partial charge < -0.3 is 20.3 Å². The van der Waals surface area contributed by atoms with Crippen LogP contribution in [0, 0.1) is 5.41 Å². The lowest BCUT2D eigenvalue weighted by Crippen LogP contribution is -2.40. The van der Waals surface area contributed by atoms with Gasteiger partial charge in [-0.1, -0.05) is 43.3 Å². The van der Waals surface area contributed by atoms with Crippen molar-refractivity contribution < 1.29 is 24.2 Å². The highest BCUT2D eigenvalue weighted by Crippen LogP contribution is 2.43. The van der Waals surface area contributed by atoms with Crippen molar-refractivity contribution in [2.24, 2.45) is 11.1 Å². The third-order valence-corrected chi connectivity index (χ3v) is 5.38. The molecular weight excluding hydrogens is 382 g/mol. The highest BCUT2D eigenvalue weighted by Gasteiger charge is 2.41. The lowest BCUT2D eigenvalue weighted by molar-refractivity contribution is -0.126. The average Bonchev–Trinajstić information content (AvgIpc) is 2.78. The number of ether oxygens (including phenoxy) is 2. The molecule has 1 aliphatic rings. The van der Waals surface area contributed by atoms with Gasteiger partial charge in [0.25, 0.3) is 0 Å². The number of carbonyl (C=O) groups excluding carboxylic acids is 2. The largest absolute Gasteiger partial charge is 0.491 e. The predicted octanol–water partition coefficient (Wildman–Crippen LogP) is 3.33. The van der Waals surface area contributed by atoms with E-state index in [0.717, 1.165) is 5.56 Å². The number of aliphatic hydroxyl groups is 1. The van der Waals surface area contributed by atoms with E-state index in [2.05, 4.69) is 0 Å². The van der Waals surface area contributed by atoms with E-state index in [1.54, 1.807) is 42.5 Å². The number of hydrogen-bond acceptors (Lipinski definition) is 5. The summed E-state index contributed by atoms with van der Waals surface area (Å²) >= 11 is 0. The van der Waals surface area contributed by atoms with Crippen LogP contribution >= 0.6 is 0 Å². The number of benzene rings is 2. The van der Waals surface area contributed by atoms with Gasteiger partial charge in [0, 0.05) is 0 Å². The molecule has 0 fully saturated rings. The summed E-state index contributed by atoms with van der Waals surface area (Å²) in [5.41, 5.74) is 6.26. The summed E-state index contributed by atoms with van der Waals surface area (Å²) in [6.45, 7) is 2.07. The van der Waals surface area contributed by atoms with Gasteiger partial charge in [-0.2, -0.15) is 0 Å². The second-order valence-corrected chi connectivity index (χ2v) is 7.17. The Balaban J connectivity index is 1.69. The maximum atomic E-state index is 12.4. The van der Waals surface area contributed by atoms with Crippen LogP contribution in [0.4, 0.5) is 0 Å². The highest BCUT2D eigenvalue weighted by atomic mass is 16.5. The Bertz CT molecular complexity index is 949. The van der Waals surface area contributed by atoms with Crippen LogP contribution in [0.5, 0.6) is 5.75 Å². The van der Waals surface area contributed by atoms with Crippen LogP contribution in [0.3, 0.4) is 0 Å². The summed E-state index contributed by atoms with van der Waals surface area (Å²) in [5.74, 6) is -0.138. The summed E-state index contributed by atoms with van der Waals surface area (Å²) < 4.78 is 10.7. The Hall–Kier alpha value is -3.38. The van der Waals surface area contributed by atoms with Crippen molar-refractivity contribution in [3.8, 4) is 5.75 Å². The zero-order valence-corrected chi connectivity index (χ0v) is 16.8. The van der Waals surface area contributed by atoms with Crippen molar-refractivity contribution in [3.05, 3.63) is 89.7 Å². The van der Waals surface area contributed by atoms with Crippen molar-refractivity contribution >= 4 is 11.9 Å². The number of carbonyl (C=O) groups is 2. The van der Waals surface area contributed by atoms with Crippen molar-refractivity contribution in [2.45, 2.75) is 19.3 Å². The standard InChI is InChI=1S/C24H25NO5/c1-17(18-5-3-2-4-6-18)24(23(25)28)13-11-21(12-14-24)30-22(27)19-7-9-20(10-8-19)29-16-15-26/h2-13,17,26H,14-16H2,1H3,(H2,25,28)/t17?,24-/m0/s1. The third kappa shape index (κ3) is 4.60. The fourth-order valence-electron chi connectivity index (χ4n) is 3.49. The molecule has 6 nitrogen and oxygen atoms in total. The van der Waals surface area contributed by atoms with Gasteiger partial charge in [0.05, 0.1) is 17.6 Å². The smallest absolute Gasteiger partial charge is 0.343 e. The minimum atomic E-state index is -0.886. The summed E-state index contributed by atoms with van der Waals surface area (Å²) in [7, 11) is 0. The van der Waals surface area contributed by atoms with Gasteiger partial charge in [-0.3, -0.25) is 4.79 Å². The van der Waals surface area contributed by atoms with Crippen LogP contribution < -0.4 is 10.5 Å². The lowest BCUT2D eigenvalue weighted by atomic mass is 9.68. The fourth-order valence-corrected chi connectivity index (χ4v) is 3.49. The van der Waals surface area contributed by atoms with Gasteiger partial charge in [-0.25, -0.2) is 4.79 Å². The molecule has 0 radical (unpaired) electrons. The normalized spacial score (nSPS) is 18.9. The SMILES string of the molecule is CC(c1ccccc1)[C@]1(C(N)=O)C=CC(OC(=O)c2ccc(OCCO)cc2)=CC1. The first-order valence-electron chi connectivity index (χ1n) is 9.76. The lowest BCUT2D eigenvalue weighted by Gasteiger charge is -2.35. The Morgan fingerprint density at radius 3 is 2.40 bits per heavy atom. The predicted molar refractivity (Wildman–Crippen MR) is 113 cm³/mol. The zero-order chi connectivity index (χ0) is 21.6. The Morgan fingerprint density at radius 2 is 1.83 bits per heavy atom. The van der Waals surface area contributed by atoms with Crippen LogP contribution in [0.15, 0.2) is 78.6 Å². The van der Waals surface area contributed by atoms with Crippen LogP contribution in [0.1, 0.15) is 35.2 Å². The van der Waals surface area contributed by atoms with Gasteiger partial charge in [0.2, 0.25) is 5.91 Å². The van der Waals surface area contributed by atoms with E-state index in [1.807, 2.05) is 37.3 Å². The first kappa shape index (κ1) is 21.3. The molecule has 2 atom stereocenters. The first-order chi connectivity index (χ1) is 14.5. The zero-order valence-electron chi connectivity index (χ0n) is 16.8. The number of nitrogens with two attached hydrogens (primary N) is 1. The molecule has 2 aromatic rings. The number of esters is 1. The summed E-state index contributed by atoms with van der Waals surface area (Å²) in [4.78, 5) is 24.8. The van der Waals surface area contributed by atoms with E-state index >= 15 is 0 Å². The molecule has 0 spiro atoms. The van der Waals surface area contributed by atoms with Gasteiger partial charge in [0.15, 0.2) is 0 Å². The molecule has 3 N–H and O–H groups in total. The number of hydrogen-bond donors (Lipinski definition) is 2. The molecule has 0 aromatic heterocycles. The number of aliphatic hydroxyl groups excluding tert-OH is 1. The number of amides is 1. The molecule has 2 aromatic carbocycles. The summed E-state index contributed by atoms with van der Waals surface area (Å²) in [5, 5.41) is 8.78. The van der Waals surface area contributed by atoms with E-state index < -0.39 is 17.3 Å². The molecule has 0 aliphatic heterocycles. The van der Waals surface area contributed by atoms with E-state index in [9.17, 15) is 9.59 Å². The maximum Gasteiger partial charge on any atom is 0.343 e. The topological polar surface area (TPSA) is 98.9 Å². The molecule has 0 saturated heterocycles. The minimum Gasteiger partial charge on any atom is -0.491 e. The number of rotatable bonds is 8. The highest BCUT2D eigenvalue weighted by molar-refractivity contribution is 5.90.